The summed E-state index contributed by atoms with van der Waals surface area (Å²) in [5.41, 5.74) is 1.64. The van der Waals surface area contributed by atoms with Gasteiger partial charge in [0.15, 0.2) is 6.61 Å². The Kier molecular flexibility index (Phi) is 5.40. The van der Waals surface area contributed by atoms with Crippen LogP contribution >= 0.6 is 0 Å². The lowest BCUT2D eigenvalue weighted by Crippen LogP contribution is -2.45. The molecule has 8 heteroatoms. The van der Waals surface area contributed by atoms with Crippen LogP contribution in [0.5, 0.6) is 5.75 Å². The third-order valence-electron chi connectivity index (χ3n) is 4.68. The molecule has 2 amide bonds. The average Bonchev–Trinajstić information content (AvgIpc) is 2.93. The van der Waals surface area contributed by atoms with E-state index in [0.717, 1.165) is 11.4 Å². The molecule has 1 aromatic heterocycles. The van der Waals surface area contributed by atoms with Crippen LogP contribution in [-0.4, -0.2) is 46.3 Å². The molecule has 0 unspecified atom stereocenters. The Morgan fingerprint density at radius 3 is 2.68 bits per heavy atom. The number of carbonyl (C=O) groups excluding carboxylic acids is 2. The van der Waals surface area contributed by atoms with Gasteiger partial charge in [-0.1, -0.05) is 26.8 Å². The molecule has 28 heavy (non-hydrogen) atoms. The predicted octanol–water partition coefficient (Wildman–Crippen LogP) is 1.73. The maximum atomic E-state index is 12.4. The number of rotatable bonds is 5. The van der Waals surface area contributed by atoms with Gasteiger partial charge in [-0.2, -0.15) is 5.10 Å². The van der Waals surface area contributed by atoms with Crippen molar-refractivity contribution in [3.63, 3.8) is 0 Å². The Bertz CT molecular complexity index is 898. The van der Waals surface area contributed by atoms with Crippen LogP contribution < -0.4 is 15.0 Å². The van der Waals surface area contributed by atoms with Gasteiger partial charge in [-0.15, -0.1) is 0 Å². The maximum Gasteiger partial charge on any atom is 0.265 e. The van der Waals surface area contributed by atoms with Crippen LogP contribution in [0.4, 0.5) is 5.69 Å². The Balaban J connectivity index is 1.67. The first-order valence-corrected chi connectivity index (χ1v) is 9.37. The van der Waals surface area contributed by atoms with E-state index < -0.39 is 0 Å². The average molecular weight is 385 g/mol. The van der Waals surface area contributed by atoms with Crippen molar-refractivity contribution in [3.8, 4) is 5.75 Å². The zero-order chi connectivity index (χ0) is 20.5. The molecule has 0 spiro atoms. The number of amides is 2. The molecule has 1 aliphatic rings. The van der Waals surface area contributed by atoms with E-state index in [2.05, 4.69) is 36.2 Å². The zero-order valence-corrected chi connectivity index (χ0v) is 17.1. The van der Waals surface area contributed by atoms with E-state index in [1.54, 1.807) is 4.68 Å². The van der Waals surface area contributed by atoms with Gasteiger partial charge in [0, 0.05) is 6.54 Å². The molecule has 0 fully saturated rings. The minimum atomic E-state index is -0.226. The van der Waals surface area contributed by atoms with Gasteiger partial charge in [0.25, 0.3) is 5.91 Å². The molecule has 0 aliphatic carbocycles. The van der Waals surface area contributed by atoms with Crippen molar-refractivity contribution in [1.29, 1.82) is 0 Å². The van der Waals surface area contributed by atoms with Crippen LogP contribution in [0.2, 0.25) is 0 Å². The minimum Gasteiger partial charge on any atom is -0.482 e. The minimum absolute atomic E-state index is 0.0435. The summed E-state index contributed by atoms with van der Waals surface area (Å²) in [5, 5.41) is 7.12. The molecule has 1 aliphatic heterocycles. The van der Waals surface area contributed by atoms with Crippen molar-refractivity contribution in [2.45, 2.75) is 46.6 Å². The first-order valence-electron chi connectivity index (χ1n) is 9.37. The summed E-state index contributed by atoms with van der Waals surface area (Å²) in [6.45, 7) is 10.8. The van der Waals surface area contributed by atoms with Crippen molar-refractivity contribution < 1.29 is 14.3 Å². The van der Waals surface area contributed by atoms with E-state index in [1.807, 2.05) is 32.0 Å². The summed E-state index contributed by atoms with van der Waals surface area (Å²) >= 11 is 0. The molecule has 3 rings (SSSR count). The first-order chi connectivity index (χ1) is 13.1. The van der Waals surface area contributed by atoms with E-state index in [-0.39, 0.29) is 30.4 Å². The first kappa shape index (κ1) is 19.9. The van der Waals surface area contributed by atoms with Crippen LogP contribution in [0.1, 0.15) is 38.0 Å². The number of hydrogen-bond acceptors (Lipinski definition) is 5. The maximum absolute atomic E-state index is 12.4. The molecule has 1 aromatic carbocycles. The third-order valence-corrected chi connectivity index (χ3v) is 4.68. The van der Waals surface area contributed by atoms with Crippen LogP contribution in [-0.2, 0) is 21.5 Å². The lowest BCUT2D eigenvalue weighted by Gasteiger charge is -2.31. The highest BCUT2D eigenvalue weighted by Gasteiger charge is 2.29. The molecular weight excluding hydrogens is 358 g/mol. The highest BCUT2D eigenvalue weighted by Crippen LogP contribution is 2.36. The normalized spacial score (nSPS) is 13.9. The number of nitrogens with one attached hydrogen (secondary N) is 1. The highest BCUT2D eigenvalue weighted by molar-refractivity contribution is 6.02. The summed E-state index contributed by atoms with van der Waals surface area (Å²) in [4.78, 5) is 30.6. The van der Waals surface area contributed by atoms with E-state index in [1.165, 1.54) is 4.90 Å². The van der Waals surface area contributed by atoms with Gasteiger partial charge >= 0.3 is 0 Å². The Morgan fingerprint density at radius 2 is 2.04 bits per heavy atom. The van der Waals surface area contributed by atoms with Gasteiger partial charge in [-0.05, 0) is 37.0 Å². The molecule has 0 radical (unpaired) electrons. The molecule has 0 bridgehead atoms. The molecule has 0 saturated heterocycles. The number of ether oxygens (including phenoxy) is 1. The fourth-order valence-electron chi connectivity index (χ4n) is 3.12. The molecule has 0 saturated carbocycles. The van der Waals surface area contributed by atoms with Gasteiger partial charge in [-0.25, -0.2) is 9.67 Å². The van der Waals surface area contributed by atoms with Gasteiger partial charge < -0.3 is 10.1 Å². The molecule has 2 heterocycles. The summed E-state index contributed by atoms with van der Waals surface area (Å²) < 4.78 is 7.28. The largest absolute Gasteiger partial charge is 0.482 e. The lowest BCUT2D eigenvalue weighted by atomic mass is 9.86. The van der Waals surface area contributed by atoms with Crippen molar-refractivity contribution in [3.05, 3.63) is 35.4 Å². The SMILES string of the molecule is Cc1nc(C)n(CCNC(=O)CN2C(=O)COc3ccc(C(C)(C)C)cc32)n1. The van der Waals surface area contributed by atoms with Gasteiger partial charge in [0.05, 0.1) is 12.2 Å². The molecule has 1 N–H and O–H groups in total. The highest BCUT2D eigenvalue weighted by atomic mass is 16.5. The Labute approximate surface area is 164 Å². The number of aromatic nitrogens is 3. The van der Waals surface area contributed by atoms with Gasteiger partial charge in [0.1, 0.15) is 23.9 Å². The Hall–Kier alpha value is -2.90. The topological polar surface area (TPSA) is 89.4 Å². The van der Waals surface area contributed by atoms with Crippen molar-refractivity contribution in [2.75, 3.05) is 24.6 Å². The summed E-state index contributed by atoms with van der Waals surface area (Å²) in [7, 11) is 0. The molecular formula is C20H27N5O3. The van der Waals surface area contributed by atoms with Crippen LogP contribution in [0.3, 0.4) is 0 Å². The Morgan fingerprint density at radius 1 is 1.29 bits per heavy atom. The van der Waals surface area contributed by atoms with Crippen molar-refractivity contribution in [2.24, 2.45) is 0 Å². The van der Waals surface area contributed by atoms with Crippen molar-refractivity contribution in [1.82, 2.24) is 20.1 Å². The number of carbonyl (C=O) groups is 2. The number of hydrogen-bond donors (Lipinski definition) is 1. The fraction of sp³-hybridized carbons (Fsp3) is 0.500. The fourth-order valence-corrected chi connectivity index (χ4v) is 3.12. The number of nitrogens with zero attached hydrogens (tertiary/aromatic N) is 4. The van der Waals surface area contributed by atoms with Gasteiger partial charge in [0.2, 0.25) is 5.91 Å². The predicted molar refractivity (Wildman–Crippen MR) is 105 cm³/mol. The van der Waals surface area contributed by atoms with Crippen LogP contribution in [0.25, 0.3) is 0 Å². The number of fused-ring (bicyclic) bond motifs is 1. The second-order valence-corrected chi connectivity index (χ2v) is 7.98. The molecule has 8 nitrogen and oxygen atoms in total. The molecule has 150 valence electrons. The van der Waals surface area contributed by atoms with E-state index in [0.29, 0.717) is 30.4 Å². The second kappa shape index (κ2) is 7.61. The quantitative estimate of drug-likeness (QED) is 0.847. The van der Waals surface area contributed by atoms with E-state index >= 15 is 0 Å². The number of benzene rings is 1. The molecule has 2 aromatic rings. The third kappa shape index (κ3) is 4.32. The molecule has 0 atom stereocenters. The van der Waals surface area contributed by atoms with Gasteiger partial charge in [-0.3, -0.25) is 14.5 Å². The van der Waals surface area contributed by atoms with Crippen molar-refractivity contribution >= 4 is 17.5 Å². The number of aryl methyl sites for hydroxylation is 2. The monoisotopic (exact) mass is 385 g/mol. The lowest BCUT2D eigenvalue weighted by molar-refractivity contribution is -0.125. The summed E-state index contributed by atoms with van der Waals surface area (Å²) in [6, 6.07) is 5.79. The second-order valence-electron chi connectivity index (χ2n) is 7.98. The summed E-state index contributed by atoms with van der Waals surface area (Å²) in [6.07, 6.45) is 0. The van der Waals surface area contributed by atoms with E-state index in [9.17, 15) is 9.59 Å². The van der Waals surface area contributed by atoms with Crippen LogP contribution in [0, 0.1) is 13.8 Å². The number of anilines is 1. The smallest absolute Gasteiger partial charge is 0.265 e. The van der Waals surface area contributed by atoms with E-state index in [4.69, 9.17) is 4.74 Å². The summed E-state index contributed by atoms with van der Waals surface area (Å²) in [5.74, 6) is 1.68. The van der Waals surface area contributed by atoms with Crippen LogP contribution in [0.15, 0.2) is 18.2 Å². The zero-order valence-electron chi connectivity index (χ0n) is 17.1. The standard InChI is InChI=1S/C20H27N5O3/c1-13-22-14(2)25(23-13)9-8-21-18(26)11-24-16-10-15(20(3,4)5)6-7-17(16)28-12-19(24)27/h6-7,10H,8-9,11-12H2,1-5H3,(H,21,26).